The maximum absolute atomic E-state index is 14.6. The van der Waals surface area contributed by atoms with E-state index in [1.165, 1.54) is 29.3 Å². The number of aromatic amines is 1. The van der Waals surface area contributed by atoms with Crippen LogP contribution in [0.15, 0.2) is 47.4 Å². The van der Waals surface area contributed by atoms with Crippen molar-refractivity contribution in [3.63, 3.8) is 0 Å². The van der Waals surface area contributed by atoms with E-state index < -0.39 is 18.0 Å². The van der Waals surface area contributed by atoms with E-state index in [0.717, 1.165) is 0 Å². The van der Waals surface area contributed by atoms with Crippen LogP contribution >= 0.6 is 0 Å². The van der Waals surface area contributed by atoms with Crippen molar-refractivity contribution in [2.75, 3.05) is 18.1 Å². The molecule has 0 radical (unpaired) electrons. The maximum Gasteiger partial charge on any atom is 0.414 e. The predicted octanol–water partition coefficient (Wildman–Crippen LogP) is 2.05. The van der Waals surface area contributed by atoms with Gasteiger partial charge < -0.3 is 14.8 Å². The number of aliphatic hydroxyl groups excluding tert-OH is 1. The van der Waals surface area contributed by atoms with Crippen LogP contribution in [0.2, 0.25) is 0 Å². The number of hydrogen-bond donors (Lipinski definition) is 2. The third-order valence-corrected chi connectivity index (χ3v) is 4.22. The molecule has 3 aromatic rings. The zero-order chi connectivity index (χ0) is 18.3. The number of nitrogens with zero attached hydrogens (tertiary/aromatic N) is 2. The number of carbonyl (C=O) groups excluding carboxylic acids is 1. The second-order valence-electron chi connectivity index (χ2n) is 5.94. The standard InChI is InChI=1S/C18H14FN3O4/c19-14-6-11(22-8-12(9-23)26-18(22)25)1-2-13(14)10-5-16-15(20-7-10)3-4-17(24)21-16/h1-7,12,23H,8-9H2,(H,21,24)/t12-/m1/s1. The van der Waals surface area contributed by atoms with Gasteiger partial charge in [-0.1, -0.05) is 0 Å². The Balaban J connectivity index is 1.70. The number of amides is 1. The Morgan fingerprint density at radius 3 is 2.85 bits per heavy atom. The third-order valence-electron chi connectivity index (χ3n) is 4.22. The van der Waals surface area contributed by atoms with Gasteiger partial charge in [0.2, 0.25) is 5.56 Å². The number of nitrogens with one attached hydrogen (secondary N) is 1. The van der Waals surface area contributed by atoms with E-state index in [0.29, 0.717) is 27.8 Å². The second kappa shape index (κ2) is 6.23. The smallest absolute Gasteiger partial charge is 0.414 e. The molecule has 1 aliphatic rings. The number of rotatable bonds is 3. The maximum atomic E-state index is 14.6. The normalized spacial score (nSPS) is 16.9. The summed E-state index contributed by atoms with van der Waals surface area (Å²) >= 11 is 0. The zero-order valence-corrected chi connectivity index (χ0v) is 13.5. The first-order chi connectivity index (χ1) is 12.5. The molecule has 26 heavy (non-hydrogen) atoms. The molecule has 1 saturated heterocycles. The summed E-state index contributed by atoms with van der Waals surface area (Å²) in [7, 11) is 0. The number of hydrogen-bond acceptors (Lipinski definition) is 5. The number of ether oxygens (including phenoxy) is 1. The SMILES string of the molecule is O=C1O[C@@H](CO)CN1c1ccc(-c2cnc3ccc(=O)[nH]c3c2)c(F)c1. The van der Waals surface area contributed by atoms with Crippen molar-refractivity contribution in [2.45, 2.75) is 6.10 Å². The quantitative estimate of drug-likeness (QED) is 0.750. The molecule has 132 valence electrons. The van der Waals surface area contributed by atoms with Crippen LogP contribution in [-0.4, -0.2) is 40.4 Å². The van der Waals surface area contributed by atoms with Gasteiger partial charge in [-0.2, -0.15) is 0 Å². The van der Waals surface area contributed by atoms with Crippen LogP contribution < -0.4 is 10.5 Å². The molecular formula is C18H14FN3O4. The molecule has 1 atom stereocenters. The van der Waals surface area contributed by atoms with E-state index in [1.54, 1.807) is 18.2 Å². The highest BCUT2D eigenvalue weighted by Crippen LogP contribution is 2.29. The van der Waals surface area contributed by atoms with Crippen molar-refractivity contribution in [1.29, 1.82) is 0 Å². The van der Waals surface area contributed by atoms with Gasteiger partial charge in [-0.25, -0.2) is 9.18 Å². The summed E-state index contributed by atoms with van der Waals surface area (Å²) in [5, 5.41) is 9.09. The molecule has 8 heteroatoms. The van der Waals surface area contributed by atoms with E-state index in [-0.39, 0.29) is 18.7 Å². The van der Waals surface area contributed by atoms with Crippen molar-refractivity contribution < 1.29 is 19.0 Å². The minimum Gasteiger partial charge on any atom is -0.441 e. The zero-order valence-electron chi connectivity index (χ0n) is 13.5. The van der Waals surface area contributed by atoms with Crippen molar-refractivity contribution in [3.05, 3.63) is 58.8 Å². The van der Waals surface area contributed by atoms with E-state index in [1.807, 2.05) is 0 Å². The number of H-pyrrole nitrogens is 1. The fraction of sp³-hybridized carbons (Fsp3) is 0.167. The molecule has 1 aromatic carbocycles. The number of benzene rings is 1. The Kier molecular flexibility index (Phi) is 3.89. The second-order valence-corrected chi connectivity index (χ2v) is 5.94. The minimum atomic E-state index is -0.624. The van der Waals surface area contributed by atoms with Gasteiger partial charge >= 0.3 is 6.09 Å². The van der Waals surface area contributed by atoms with Gasteiger partial charge in [0.25, 0.3) is 0 Å². The predicted molar refractivity (Wildman–Crippen MR) is 92.5 cm³/mol. The number of cyclic esters (lactones) is 1. The summed E-state index contributed by atoms with van der Waals surface area (Å²) in [6.45, 7) is -0.128. The lowest BCUT2D eigenvalue weighted by Gasteiger charge is -2.14. The molecule has 1 fully saturated rings. The molecule has 0 spiro atoms. The van der Waals surface area contributed by atoms with Gasteiger partial charge in [0.1, 0.15) is 11.9 Å². The van der Waals surface area contributed by atoms with Crippen LogP contribution in [0.5, 0.6) is 0 Å². The van der Waals surface area contributed by atoms with Crippen molar-refractivity contribution in [2.24, 2.45) is 0 Å². The van der Waals surface area contributed by atoms with E-state index in [2.05, 4.69) is 9.97 Å². The summed E-state index contributed by atoms with van der Waals surface area (Å²) in [6.07, 6.45) is 0.276. The monoisotopic (exact) mass is 355 g/mol. The lowest BCUT2D eigenvalue weighted by molar-refractivity contribution is 0.0963. The highest BCUT2D eigenvalue weighted by molar-refractivity contribution is 5.90. The van der Waals surface area contributed by atoms with E-state index in [9.17, 15) is 14.0 Å². The molecule has 0 aliphatic carbocycles. The highest BCUT2D eigenvalue weighted by Gasteiger charge is 2.32. The largest absolute Gasteiger partial charge is 0.441 e. The molecule has 0 unspecified atom stereocenters. The molecule has 3 heterocycles. The van der Waals surface area contributed by atoms with Gasteiger partial charge in [0.05, 0.1) is 29.9 Å². The third kappa shape index (κ3) is 2.80. The van der Waals surface area contributed by atoms with Gasteiger partial charge in [0, 0.05) is 23.4 Å². The number of aromatic nitrogens is 2. The molecule has 1 amide bonds. The summed E-state index contributed by atoms with van der Waals surface area (Å²) in [6, 6.07) is 8.97. The Morgan fingerprint density at radius 2 is 2.12 bits per heavy atom. The summed E-state index contributed by atoms with van der Waals surface area (Å²) in [5.74, 6) is -0.540. The molecule has 2 N–H and O–H groups in total. The fourth-order valence-electron chi connectivity index (χ4n) is 2.92. The summed E-state index contributed by atoms with van der Waals surface area (Å²) < 4.78 is 19.6. The first-order valence-electron chi connectivity index (χ1n) is 7.93. The van der Waals surface area contributed by atoms with Crippen LogP contribution in [0.3, 0.4) is 0 Å². The van der Waals surface area contributed by atoms with Crippen LogP contribution in [0.25, 0.3) is 22.2 Å². The number of aliphatic hydroxyl groups is 1. The van der Waals surface area contributed by atoms with Crippen molar-refractivity contribution in [3.8, 4) is 11.1 Å². The lowest BCUT2D eigenvalue weighted by atomic mass is 10.1. The molecule has 1 aliphatic heterocycles. The van der Waals surface area contributed by atoms with Crippen LogP contribution in [0.1, 0.15) is 0 Å². The van der Waals surface area contributed by atoms with Crippen LogP contribution in [-0.2, 0) is 4.74 Å². The molecule has 7 nitrogen and oxygen atoms in total. The van der Waals surface area contributed by atoms with Gasteiger partial charge in [-0.05, 0) is 30.3 Å². The highest BCUT2D eigenvalue weighted by atomic mass is 19.1. The minimum absolute atomic E-state index is 0.160. The number of anilines is 1. The number of pyridine rings is 2. The molecule has 4 rings (SSSR count). The van der Waals surface area contributed by atoms with Crippen LogP contribution in [0, 0.1) is 5.82 Å². The summed E-state index contributed by atoms with van der Waals surface area (Å²) in [5.41, 5.74) is 1.97. The lowest BCUT2D eigenvalue weighted by Crippen LogP contribution is -2.25. The van der Waals surface area contributed by atoms with Gasteiger partial charge in [-0.3, -0.25) is 14.7 Å². The van der Waals surface area contributed by atoms with Crippen molar-refractivity contribution >= 4 is 22.8 Å². The molecule has 0 bridgehead atoms. The Bertz CT molecular complexity index is 1070. The van der Waals surface area contributed by atoms with Gasteiger partial charge in [0.15, 0.2) is 0 Å². The van der Waals surface area contributed by atoms with Gasteiger partial charge in [-0.15, -0.1) is 0 Å². The Labute approximate surface area is 146 Å². The first-order valence-corrected chi connectivity index (χ1v) is 7.93. The number of carbonyl (C=O) groups is 1. The molecular weight excluding hydrogens is 341 g/mol. The van der Waals surface area contributed by atoms with Crippen molar-refractivity contribution in [1.82, 2.24) is 9.97 Å². The Hall–Kier alpha value is -3.26. The average molecular weight is 355 g/mol. The summed E-state index contributed by atoms with van der Waals surface area (Å²) in [4.78, 5) is 31.4. The average Bonchev–Trinajstić information content (AvgIpc) is 3.02. The number of halogens is 1. The van der Waals surface area contributed by atoms with Crippen LogP contribution in [0.4, 0.5) is 14.9 Å². The topological polar surface area (TPSA) is 95.5 Å². The first kappa shape index (κ1) is 16.2. The molecule has 2 aromatic heterocycles. The molecule has 0 saturated carbocycles. The van der Waals surface area contributed by atoms with E-state index >= 15 is 0 Å². The number of fused-ring (bicyclic) bond motifs is 1. The fourth-order valence-corrected chi connectivity index (χ4v) is 2.92. The van der Waals surface area contributed by atoms with E-state index in [4.69, 9.17) is 9.84 Å². The Morgan fingerprint density at radius 1 is 1.27 bits per heavy atom.